The van der Waals surface area contributed by atoms with Gasteiger partial charge in [-0.3, -0.25) is 4.79 Å². The number of aromatic nitrogens is 3. The Morgan fingerprint density at radius 3 is 2.74 bits per heavy atom. The van der Waals surface area contributed by atoms with Crippen molar-refractivity contribution < 1.29 is 9.90 Å². The summed E-state index contributed by atoms with van der Waals surface area (Å²) in [6.45, 7) is 2.84. The van der Waals surface area contributed by atoms with Crippen molar-refractivity contribution in [2.24, 2.45) is 0 Å². The molecule has 0 amide bonds. The van der Waals surface area contributed by atoms with Gasteiger partial charge >= 0.3 is 5.97 Å². The lowest BCUT2D eigenvalue weighted by atomic mass is 10.2. The van der Waals surface area contributed by atoms with Gasteiger partial charge in [0.05, 0.1) is 12.2 Å². The average molecular weight is 277 g/mol. The minimum Gasteiger partial charge on any atom is -0.481 e. The molecule has 19 heavy (non-hydrogen) atoms. The summed E-state index contributed by atoms with van der Waals surface area (Å²) < 4.78 is 1.87. The van der Waals surface area contributed by atoms with Crippen molar-refractivity contribution in [1.82, 2.24) is 14.8 Å². The Kier molecular flexibility index (Phi) is 4.57. The van der Waals surface area contributed by atoms with E-state index in [1.165, 1.54) is 0 Å². The summed E-state index contributed by atoms with van der Waals surface area (Å²) in [6, 6.07) is 7.58. The van der Waals surface area contributed by atoms with Crippen LogP contribution in [0.5, 0.6) is 0 Å². The Morgan fingerprint density at radius 1 is 1.37 bits per heavy atom. The number of aryl methyl sites for hydroxylation is 1. The largest absolute Gasteiger partial charge is 0.481 e. The van der Waals surface area contributed by atoms with E-state index in [9.17, 15) is 4.79 Å². The minimum absolute atomic E-state index is 0.0646. The Balaban J connectivity index is 1.94. The molecule has 1 heterocycles. The van der Waals surface area contributed by atoms with Crippen LogP contribution < -0.4 is 0 Å². The molecule has 0 aliphatic carbocycles. The van der Waals surface area contributed by atoms with Crippen molar-refractivity contribution in [3.05, 3.63) is 42.0 Å². The van der Waals surface area contributed by atoms with Crippen molar-refractivity contribution in [2.45, 2.75) is 30.5 Å². The molecular formula is C13H15N3O2S. The molecule has 5 nitrogen and oxygen atoms in total. The third-order valence-electron chi connectivity index (χ3n) is 2.64. The smallest absolute Gasteiger partial charge is 0.307 e. The molecule has 0 spiro atoms. The van der Waals surface area contributed by atoms with Crippen molar-refractivity contribution in [3.63, 3.8) is 0 Å². The maximum atomic E-state index is 10.6. The highest BCUT2D eigenvalue weighted by Crippen LogP contribution is 2.22. The standard InChI is InChI=1S/C13H15N3O2S/c1-2-16-12(14-9-15-16)8-19-11-5-3-10(4-6-11)7-13(17)18/h3-6,9H,2,7-8H2,1H3,(H,17,18). The molecule has 1 aromatic carbocycles. The molecule has 2 aromatic rings. The van der Waals surface area contributed by atoms with Crippen LogP contribution in [0.2, 0.25) is 0 Å². The van der Waals surface area contributed by atoms with Crippen LogP contribution in [0.4, 0.5) is 0 Å². The summed E-state index contributed by atoms with van der Waals surface area (Å²) in [5, 5.41) is 12.8. The maximum Gasteiger partial charge on any atom is 0.307 e. The van der Waals surface area contributed by atoms with Crippen LogP contribution in [0.1, 0.15) is 18.3 Å². The van der Waals surface area contributed by atoms with Gasteiger partial charge in [0.2, 0.25) is 0 Å². The second kappa shape index (κ2) is 6.38. The van der Waals surface area contributed by atoms with E-state index in [-0.39, 0.29) is 6.42 Å². The first-order valence-corrected chi connectivity index (χ1v) is 6.98. The molecule has 2 rings (SSSR count). The van der Waals surface area contributed by atoms with E-state index in [4.69, 9.17) is 5.11 Å². The first-order valence-electron chi connectivity index (χ1n) is 5.99. The van der Waals surface area contributed by atoms with Gasteiger partial charge in [0, 0.05) is 11.4 Å². The molecule has 0 radical (unpaired) electrons. The third-order valence-corrected chi connectivity index (χ3v) is 3.65. The normalized spacial score (nSPS) is 10.6. The van der Waals surface area contributed by atoms with Gasteiger partial charge in [-0.1, -0.05) is 12.1 Å². The molecule has 100 valence electrons. The van der Waals surface area contributed by atoms with Crippen molar-refractivity contribution in [2.75, 3.05) is 0 Å². The van der Waals surface area contributed by atoms with Crippen LogP contribution in [0.15, 0.2) is 35.5 Å². The predicted molar refractivity (Wildman–Crippen MR) is 73.0 cm³/mol. The Bertz CT molecular complexity index is 551. The topological polar surface area (TPSA) is 68.0 Å². The molecule has 0 unspecified atom stereocenters. The number of thioether (sulfide) groups is 1. The third kappa shape index (κ3) is 3.82. The lowest BCUT2D eigenvalue weighted by Gasteiger charge is -2.04. The molecule has 0 saturated heterocycles. The summed E-state index contributed by atoms with van der Waals surface area (Å²) in [4.78, 5) is 15.9. The van der Waals surface area contributed by atoms with Gasteiger partial charge in [-0.15, -0.1) is 11.8 Å². The van der Waals surface area contributed by atoms with Gasteiger partial charge in [-0.2, -0.15) is 5.10 Å². The number of aliphatic carboxylic acids is 1. The van der Waals surface area contributed by atoms with Crippen LogP contribution in [0.25, 0.3) is 0 Å². The lowest BCUT2D eigenvalue weighted by Crippen LogP contribution is -2.02. The van der Waals surface area contributed by atoms with Gasteiger partial charge in [0.15, 0.2) is 0 Å². The predicted octanol–water partition coefficient (Wildman–Crippen LogP) is 2.22. The van der Waals surface area contributed by atoms with Crippen molar-refractivity contribution in [3.8, 4) is 0 Å². The Hall–Kier alpha value is -1.82. The lowest BCUT2D eigenvalue weighted by molar-refractivity contribution is -0.136. The SMILES string of the molecule is CCn1ncnc1CSc1ccc(CC(=O)O)cc1. The quantitative estimate of drug-likeness (QED) is 0.820. The number of hydrogen-bond donors (Lipinski definition) is 1. The summed E-state index contributed by atoms with van der Waals surface area (Å²) >= 11 is 1.66. The van der Waals surface area contributed by atoms with Crippen molar-refractivity contribution >= 4 is 17.7 Å². The average Bonchev–Trinajstić information content (AvgIpc) is 2.84. The Labute approximate surface area is 115 Å². The van der Waals surface area contributed by atoms with E-state index < -0.39 is 5.97 Å². The molecule has 6 heteroatoms. The number of carboxylic acids is 1. The van der Waals surface area contributed by atoms with E-state index in [2.05, 4.69) is 10.1 Å². The zero-order chi connectivity index (χ0) is 13.7. The second-order valence-electron chi connectivity index (χ2n) is 4.00. The van der Waals surface area contributed by atoms with E-state index in [0.717, 1.165) is 28.6 Å². The number of benzene rings is 1. The molecule has 0 bridgehead atoms. The fourth-order valence-electron chi connectivity index (χ4n) is 1.69. The van der Waals surface area contributed by atoms with Gasteiger partial charge in [0.1, 0.15) is 12.2 Å². The van der Waals surface area contributed by atoms with Crippen LogP contribution in [-0.4, -0.2) is 25.8 Å². The fourth-order valence-corrected chi connectivity index (χ4v) is 2.54. The molecule has 0 aliphatic heterocycles. The zero-order valence-corrected chi connectivity index (χ0v) is 11.4. The zero-order valence-electron chi connectivity index (χ0n) is 10.6. The Morgan fingerprint density at radius 2 is 2.11 bits per heavy atom. The number of carbonyl (C=O) groups is 1. The van der Waals surface area contributed by atoms with E-state index in [0.29, 0.717) is 0 Å². The van der Waals surface area contributed by atoms with Gasteiger partial charge in [0.25, 0.3) is 0 Å². The van der Waals surface area contributed by atoms with E-state index >= 15 is 0 Å². The van der Waals surface area contributed by atoms with Crippen LogP contribution in [-0.2, 0) is 23.5 Å². The first kappa shape index (κ1) is 13.6. The highest BCUT2D eigenvalue weighted by Gasteiger charge is 2.04. The number of nitrogens with zero attached hydrogens (tertiary/aromatic N) is 3. The van der Waals surface area contributed by atoms with Gasteiger partial charge in [-0.05, 0) is 24.6 Å². The second-order valence-corrected chi connectivity index (χ2v) is 5.04. The fraction of sp³-hybridized carbons (Fsp3) is 0.308. The molecular weight excluding hydrogens is 262 g/mol. The summed E-state index contributed by atoms with van der Waals surface area (Å²) in [7, 11) is 0. The maximum absolute atomic E-state index is 10.6. The monoisotopic (exact) mass is 277 g/mol. The highest BCUT2D eigenvalue weighted by atomic mass is 32.2. The number of hydrogen-bond acceptors (Lipinski definition) is 4. The molecule has 1 aromatic heterocycles. The first-order chi connectivity index (χ1) is 9.19. The van der Waals surface area contributed by atoms with Crippen LogP contribution >= 0.6 is 11.8 Å². The van der Waals surface area contributed by atoms with Crippen LogP contribution in [0, 0.1) is 0 Å². The molecule has 0 saturated carbocycles. The molecule has 1 N–H and O–H groups in total. The molecule has 0 fully saturated rings. The summed E-state index contributed by atoms with van der Waals surface area (Å²) in [6.07, 6.45) is 1.63. The van der Waals surface area contributed by atoms with Gasteiger partial charge < -0.3 is 5.11 Å². The summed E-state index contributed by atoms with van der Waals surface area (Å²) in [5.41, 5.74) is 0.813. The molecule has 0 aliphatic rings. The molecule has 0 atom stereocenters. The number of rotatable bonds is 6. The number of carboxylic acid groups (broad SMARTS) is 1. The van der Waals surface area contributed by atoms with Gasteiger partial charge in [-0.25, -0.2) is 9.67 Å². The van der Waals surface area contributed by atoms with E-state index in [1.807, 2.05) is 35.9 Å². The van der Waals surface area contributed by atoms with E-state index in [1.54, 1.807) is 18.1 Å². The van der Waals surface area contributed by atoms with Crippen molar-refractivity contribution in [1.29, 1.82) is 0 Å². The minimum atomic E-state index is -0.809. The highest BCUT2D eigenvalue weighted by molar-refractivity contribution is 7.98. The summed E-state index contributed by atoms with van der Waals surface area (Å²) in [5.74, 6) is 0.894. The van der Waals surface area contributed by atoms with Crippen LogP contribution in [0.3, 0.4) is 0 Å².